The van der Waals surface area contributed by atoms with Gasteiger partial charge in [0, 0.05) is 13.1 Å². The molecule has 126 valence electrons. The maximum absolute atomic E-state index is 13.1. The van der Waals surface area contributed by atoms with E-state index in [1.807, 2.05) is 0 Å². The van der Waals surface area contributed by atoms with Gasteiger partial charge in [0.1, 0.15) is 6.33 Å². The van der Waals surface area contributed by atoms with E-state index in [-0.39, 0.29) is 18.0 Å². The molecule has 24 heavy (non-hydrogen) atoms. The molecule has 1 atom stereocenters. The lowest BCUT2D eigenvalue weighted by Gasteiger charge is -2.18. The Kier molecular flexibility index (Phi) is 4.08. The van der Waals surface area contributed by atoms with Crippen LogP contribution in [0.5, 0.6) is 0 Å². The summed E-state index contributed by atoms with van der Waals surface area (Å²) >= 11 is 0. The molecular weight excluding hydrogens is 321 g/mol. The summed E-state index contributed by atoms with van der Waals surface area (Å²) < 4.78 is 40.7. The summed E-state index contributed by atoms with van der Waals surface area (Å²) in [6.07, 6.45) is -2.81. The van der Waals surface area contributed by atoms with E-state index in [1.54, 1.807) is 20.0 Å². The molecule has 1 aromatic carbocycles. The highest BCUT2D eigenvalue weighted by atomic mass is 19.4. The average molecular weight is 336 g/mol. The zero-order valence-electron chi connectivity index (χ0n) is 13.0. The Morgan fingerprint density at radius 2 is 1.96 bits per heavy atom. The van der Waals surface area contributed by atoms with Crippen molar-refractivity contribution in [2.24, 2.45) is 7.05 Å². The monoisotopic (exact) mass is 336 g/mol. The zero-order valence-corrected chi connectivity index (χ0v) is 13.0. The van der Waals surface area contributed by atoms with E-state index in [2.05, 4.69) is 25.6 Å². The van der Waals surface area contributed by atoms with Crippen LogP contribution >= 0.6 is 0 Å². The predicted octanol–water partition coefficient (Wildman–Crippen LogP) is 2.82. The van der Waals surface area contributed by atoms with Gasteiger partial charge < -0.3 is 5.32 Å². The minimum Gasteiger partial charge on any atom is -0.365 e. The lowest BCUT2D eigenvalue weighted by molar-refractivity contribution is -0.138. The summed E-state index contributed by atoms with van der Waals surface area (Å²) in [5.41, 5.74) is 0.645. The fourth-order valence-electron chi connectivity index (χ4n) is 2.55. The maximum atomic E-state index is 13.1. The van der Waals surface area contributed by atoms with Crippen molar-refractivity contribution in [2.45, 2.75) is 25.6 Å². The zero-order chi connectivity index (χ0) is 17.3. The molecule has 0 amide bonds. The second kappa shape index (κ2) is 6.06. The number of hydrogen-bond acceptors (Lipinski definition) is 5. The first-order chi connectivity index (χ1) is 11.4. The van der Waals surface area contributed by atoms with Crippen molar-refractivity contribution in [3.8, 4) is 0 Å². The Balaban J connectivity index is 1.82. The van der Waals surface area contributed by atoms with Crippen LogP contribution in [0, 0.1) is 0 Å². The summed E-state index contributed by atoms with van der Waals surface area (Å²) in [6.45, 7) is 1.79. The number of hydrogen-bond donors (Lipinski definition) is 1. The van der Waals surface area contributed by atoms with Crippen LogP contribution in [0.4, 0.5) is 19.0 Å². The van der Waals surface area contributed by atoms with Crippen molar-refractivity contribution in [1.82, 2.24) is 25.0 Å². The summed E-state index contributed by atoms with van der Waals surface area (Å²) in [5.74, 6) is 0.449. The average Bonchev–Trinajstić information content (AvgIpc) is 2.89. The van der Waals surface area contributed by atoms with Gasteiger partial charge in [0.15, 0.2) is 17.0 Å². The molecule has 0 saturated heterocycles. The number of fused-ring (bicyclic) bond motifs is 1. The molecule has 1 N–H and O–H groups in total. The fourth-order valence-corrected chi connectivity index (χ4v) is 2.55. The van der Waals surface area contributed by atoms with E-state index in [9.17, 15) is 13.2 Å². The molecule has 2 aromatic heterocycles. The van der Waals surface area contributed by atoms with E-state index in [4.69, 9.17) is 0 Å². The van der Waals surface area contributed by atoms with Gasteiger partial charge >= 0.3 is 6.18 Å². The van der Waals surface area contributed by atoms with Crippen LogP contribution in [0.15, 0.2) is 30.6 Å². The van der Waals surface area contributed by atoms with Gasteiger partial charge in [-0.05, 0) is 25.0 Å². The molecule has 1 unspecified atom stereocenters. The van der Waals surface area contributed by atoms with Crippen molar-refractivity contribution in [1.29, 1.82) is 0 Å². The Labute approximate surface area is 135 Å². The van der Waals surface area contributed by atoms with Crippen LogP contribution in [0.3, 0.4) is 0 Å². The lowest BCUT2D eigenvalue weighted by atomic mass is 10.0. The first-order valence-electron chi connectivity index (χ1n) is 7.28. The number of rotatable bonds is 4. The SMILES string of the molecule is CC(Cc1ccccc1C(F)(F)F)Nc1ncnc2c1nnn2C. The molecular formula is C15H15F3N6. The van der Waals surface area contributed by atoms with Gasteiger partial charge in [-0.15, -0.1) is 5.10 Å². The van der Waals surface area contributed by atoms with Gasteiger partial charge in [0.05, 0.1) is 5.56 Å². The highest BCUT2D eigenvalue weighted by Gasteiger charge is 2.33. The molecule has 0 spiro atoms. The summed E-state index contributed by atoms with van der Waals surface area (Å²) in [7, 11) is 1.70. The molecule has 0 aliphatic carbocycles. The minimum atomic E-state index is -4.37. The highest BCUT2D eigenvalue weighted by molar-refractivity contribution is 5.81. The lowest BCUT2D eigenvalue weighted by Crippen LogP contribution is -2.21. The van der Waals surface area contributed by atoms with Crippen molar-refractivity contribution in [3.63, 3.8) is 0 Å². The quantitative estimate of drug-likeness (QED) is 0.793. The van der Waals surface area contributed by atoms with Gasteiger partial charge in [-0.2, -0.15) is 13.2 Å². The Hall–Kier alpha value is -2.71. The number of benzene rings is 1. The molecule has 0 bridgehead atoms. The number of nitrogens with one attached hydrogen (secondary N) is 1. The third kappa shape index (κ3) is 3.15. The van der Waals surface area contributed by atoms with Gasteiger partial charge in [0.25, 0.3) is 0 Å². The summed E-state index contributed by atoms with van der Waals surface area (Å²) in [4.78, 5) is 8.19. The first-order valence-corrected chi connectivity index (χ1v) is 7.28. The standard InChI is InChI=1S/C15H15F3N6/c1-9(7-10-5-3-4-6-11(10)15(16,17)18)21-13-12-14(20-8-19-13)24(2)23-22-12/h3-6,8-9H,7H2,1-2H3,(H,19,20,21). The maximum Gasteiger partial charge on any atom is 0.416 e. The Bertz CT molecular complexity index is 858. The molecule has 0 radical (unpaired) electrons. The van der Waals surface area contributed by atoms with Crippen LogP contribution in [-0.2, 0) is 19.6 Å². The van der Waals surface area contributed by atoms with E-state index in [0.717, 1.165) is 6.07 Å². The van der Waals surface area contributed by atoms with E-state index in [1.165, 1.54) is 23.1 Å². The van der Waals surface area contributed by atoms with Gasteiger partial charge in [-0.25, -0.2) is 14.6 Å². The number of alkyl halides is 3. The second-order valence-corrected chi connectivity index (χ2v) is 5.51. The predicted molar refractivity (Wildman–Crippen MR) is 82.3 cm³/mol. The second-order valence-electron chi connectivity index (χ2n) is 5.51. The molecule has 0 saturated carbocycles. The van der Waals surface area contributed by atoms with Gasteiger partial charge in [-0.3, -0.25) is 0 Å². The Morgan fingerprint density at radius 1 is 1.21 bits per heavy atom. The first kappa shape index (κ1) is 16.2. The van der Waals surface area contributed by atoms with Crippen LogP contribution < -0.4 is 5.32 Å². The molecule has 3 rings (SSSR count). The molecule has 0 aliphatic heterocycles. The van der Waals surface area contributed by atoms with Crippen LogP contribution in [-0.4, -0.2) is 31.0 Å². The molecule has 2 heterocycles. The largest absolute Gasteiger partial charge is 0.416 e. The Morgan fingerprint density at radius 3 is 2.71 bits per heavy atom. The van der Waals surface area contributed by atoms with Crippen molar-refractivity contribution in [3.05, 3.63) is 41.7 Å². The third-order valence-electron chi connectivity index (χ3n) is 3.62. The highest BCUT2D eigenvalue weighted by Crippen LogP contribution is 2.32. The molecule has 6 nitrogen and oxygen atoms in total. The van der Waals surface area contributed by atoms with Crippen LogP contribution in [0.1, 0.15) is 18.1 Å². The smallest absolute Gasteiger partial charge is 0.365 e. The van der Waals surface area contributed by atoms with Crippen LogP contribution in [0.25, 0.3) is 11.2 Å². The molecule has 3 aromatic rings. The topological polar surface area (TPSA) is 68.5 Å². The number of anilines is 1. The fraction of sp³-hybridized carbons (Fsp3) is 0.333. The summed E-state index contributed by atoms with van der Waals surface area (Å²) in [5, 5.41) is 10.9. The number of halogens is 3. The number of aromatic nitrogens is 5. The molecule has 0 aliphatic rings. The van der Waals surface area contributed by atoms with E-state index in [0.29, 0.717) is 17.0 Å². The normalized spacial score (nSPS) is 13.2. The van der Waals surface area contributed by atoms with Gasteiger partial charge in [-0.1, -0.05) is 23.4 Å². The molecule has 0 fully saturated rings. The van der Waals surface area contributed by atoms with Crippen LogP contribution in [0.2, 0.25) is 0 Å². The van der Waals surface area contributed by atoms with E-state index < -0.39 is 11.7 Å². The number of aryl methyl sites for hydroxylation is 1. The van der Waals surface area contributed by atoms with Gasteiger partial charge in [0.2, 0.25) is 0 Å². The van der Waals surface area contributed by atoms with E-state index >= 15 is 0 Å². The third-order valence-corrected chi connectivity index (χ3v) is 3.62. The molecule has 9 heteroatoms. The van der Waals surface area contributed by atoms with Crippen molar-refractivity contribution in [2.75, 3.05) is 5.32 Å². The summed E-state index contributed by atoms with van der Waals surface area (Å²) in [6, 6.07) is 5.28. The number of nitrogens with zero attached hydrogens (tertiary/aromatic N) is 5. The minimum absolute atomic E-state index is 0.196. The van der Waals surface area contributed by atoms with Crippen molar-refractivity contribution >= 4 is 17.0 Å². The van der Waals surface area contributed by atoms with Crippen molar-refractivity contribution < 1.29 is 13.2 Å².